The molecule has 1 aromatic carbocycles. The summed E-state index contributed by atoms with van der Waals surface area (Å²) in [5.74, 6) is 0.605. The molecule has 0 atom stereocenters. The number of sulfonamides is 1. The minimum Gasteiger partial charge on any atom is -0.497 e. The third-order valence-electron chi connectivity index (χ3n) is 2.27. The van der Waals surface area contributed by atoms with Gasteiger partial charge in [-0.3, -0.25) is 0 Å². The van der Waals surface area contributed by atoms with Crippen LogP contribution in [0.15, 0.2) is 27.6 Å². The van der Waals surface area contributed by atoms with Gasteiger partial charge in [-0.15, -0.1) is 0 Å². The Hall–Kier alpha value is -0.630. The predicted octanol–water partition coefficient (Wildman–Crippen LogP) is 1.35. The summed E-state index contributed by atoms with van der Waals surface area (Å²) in [6, 6.07) is 4.75. The first-order valence-corrected chi connectivity index (χ1v) is 7.82. The summed E-state index contributed by atoms with van der Waals surface area (Å²) < 4.78 is 32.0. The molecule has 5 nitrogen and oxygen atoms in total. The van der Waals surface area contributed by atoms with Gasteiger partial charge in [-0.2, -0.15) is 0 Å². The highest BCUT2D eigenvalue weighted by Gasteiger charge is 2.17. The van der Waals surface area contributed by atoms with Gasteiger partial charge in [-0.1, -0.05) is 6.92 Å². The number of ether oxygens (including phenoxy) is 1. The van der Waals surface area contributed by atoms with Crippen LogP contribution in [0.2, 0.25) is 0 Å². The van der Waals surface area contributed by atoms with Gasteiger partial charge in [0.25, 0.3) is 0 Å². The number of benzene rings is 1. The van der Waals surface area contributed by atoms with Crippen molar-refractivity contribution in [3.8, 4) is 5.75 Å². The molecule has 2 N–H and O–H groups in total. The van der Waals surface area contributed by atoms with E-state index in [1.54, 1.807) is 12.1 Å². The van der Waals surface area contributed by atoms with Crippen molar-refractivity contribution in [1.29, 1.82) is 0 Å². The van der Waals surface area contributed by atoms with Crippen molar-refractivity contribution in [2.75, 3.05) is 26.7 Å². The third kappa shape index (κ3) is 4.24. The van der Waals surface area contributed by atoms with E-state index in [0.717, 1.165) is 6.54 Å². The topological polar surface area (TPSA) is 67.4 Å². The summed E-state index contributed by atoms with van der Waals surface area (Å²) in [6.45, 7) is 3.74. The molecule has 0 amide bonds. The van der Waals surface area contributed by atoms with Crippen molar-refractivity contribution < 1.29 is 13.2 Å². The molecule has 18 heavy (non-hydrogen) atoms. The zero-order valence-electron chi connectivity index (χ0n) is 10.4. The number of hydrogen-bond acceptors (Lipinski definition) is 4. The minimum absolute atomic E-state index is 0.208. The van der Waals surface area contributed by atoms with Gasteiger partial charge in [-0.05, 0) is 40.7 Å². The van der Waals surface area contributed by atoms with E-state index >= 15 is 0 Å². The fourth-order valence-electron chi connectivity index (χ4n) is 1.35. The van der Waals surface area contributed by atoms with E-state index in [4.69, 9.17) is 4.74 Å². The van der Waals surface area contributed by atoms with Crippen LogP contribution in [0.25, 0.3) is 0 Å². The Morgan fingerprint density at radius 1 is 1.33 bits per heavy atom. The number of nitrogens with one attached hydrogen (secondary N) is 2. The van der Waals surface area contributed by atoms with Crippen molar-refractivity contribution >= 4 is 26.0 Å². The molecule has 0 radical (unpaired) electrons. The Balaban J connectivity index is 2.78. The molecule has 0 heterocycles. The molecular weight excluding hydrogens is 320 g/mol. The van der Waals surface area contributed by atoms with Crippen molar-refractivity contribution in [3.63, 3.8) is 0 Å². The van der Waals surface area contributed by atoms with Crippen LogP contribution in [0.5, 0.6) is 5.75 Å². The first-order valence-electron chi connectivity index (χ1n) is 5.55. The van der Waals surface area contributed by atoms with Crippen molar-refractivity contribution in [1.82, 2.24) is 10.0 Å². The zero-order chi connectivity index (χ0) is 13.6. The molecule has 0 saturated heterocycles. The fraction of sp³-hybridized carbons (Fsp3) is 0.455. The molecule has 0 aliphatic carbocycles. The second-order valence-electron chi connectivity index (χ2n) is 3.55. The first-order chi connectivity index (χ1) is 8.51. The van der Waals surface area contributed by atoms with Gasteiger partial charge in [0.2, 0.25) is 10.0 Å². The van der Waals surface area contributed by atoms with Crippen LogP contribution >= 0.6 is 15.9 Å². The highest BCUT2D eigenvalue weighted by atomic mass is 79.9. The molecule has 0 aromatic heterocycles. The van der Waals surface area contributed by atoms with Gasteiger partial charge in [0.15, 0.2) is 0 Å². The summed E-state index contributed by atoms with van der Waals surface area (Å²) in [6.07, 6.45) is 0. The lowest BCUT2D eigenvalue weighted by molar-refractivity contribution is 0.414. The highest BCUT2D eigenvalue weighted by Crippen LogP contribution is 2.26. The summed E-state index contributed by atoms with van der Waals surface area (Å²) in [7, 11) is -1.96. The quantitative estimate of drug-likeness (QED) is 0.737. The van der Waals surface area contributed by atoms with E-state index in [1.165, 1.54) is 13.2 Å². The normalized spacial score (nSPS) is 11.5. The second-order valence-corrected chi connectivity index (χ2v) is 6.14. The molecule has 0 saturated carbocycles. The Labute approximate surface area is 116 Å². The zero-order valence-corrected chi connectivity index (χ0v) is 12.8. The molecule has 1 rings (SSSR count). The Morgan fingerprint density at radius 3 is 2.61 bits per heavy atom. The van der Waals surface area contributed by atoms with E-state index in [0.29, 0.717) is 23.3 Å². The van der Waals surface area contributed by atoms with E-state index in [2.05, 4.69) is 26.0 Å². The predicted molar refractivity (Wildman–Crippen MR) is 74.4 cm³/mol. The maximum absolute atomic E-state index is 12.0. The summed E-state index contributed by atoms with van der Waals surface area (Å²) in [5.41, 5.74) is 0. The molecule has 0 aliphatic heterocycles. The molecule has 0 unspecified atom stereocenters. The number of halogens is 1. The Bertz CT molecular complexity index is 491. The van der Waals surface area contributed by atoms with Gasteiger partial charge in [-0.25, -0.2) is 13.1 Å². The highest BCUT2D eigenvalue weighted by molar-refractivity contribution is 9.10. The molecule has 102 valence electrons. The molecule has 0 aliphatic rings. The standard InChI is InChI=1S/C11H17BrN2O3S/c1-3-13-6-7-14-18(15,16)11-5-4-9(17-2)8-10(11)12/h4-5,8,13-14H,3,6-7H2,1-2H3. The van der Waals surface area contributed by atoms with Crippen LogP contribution in [0.3, 0.4) is 0 Å². The van der Waals surface area contributed by atoms with Crippen molar-refractivity contribution in [3.05, 3.63) is 22.7 Å². The van der Waals surface area contributed by atoms with Crippen LogP contribution < -0.4 is 14.8 Å². The van der Waals surface area contributed by atoms with Crippen LogP contribution in [0.4, 0.5) is 0 Å². The van der Waals surface area contributed by atoms with Crippen molar-refractivity contribution in [2.24, 2.45) is 0 Å². The number of likely N-dealkylation sites (N-methyl/N-ethyl adjacent to an activating group) is 1. The number of methoxy groups -OCH3 is 1. The summed E-state index contributed by atoms with van der Waals surface area (Å²) in [5, 5.41) is 3.05. The lowest BCUT2D eigenvalue weighted by atomic mass is 10.3. The SMILES string of the molecule is CCNCCNS(=O)(=O)c1ccc(OC)cc1Br. The van der Waals surface area contributed by atoms with Gasteiger partial charge in [0, 0.05) is 17.6 Å². The van der Waals surface area contributed by atoms with E-state index in [1.807, 2.05) is 6.92 Å². The molecule has 0 bridgehead atoms. The largest absolute Gasteiger partial charge is 0.497 e. The fourth-order valence-corrected chi connectivity index (χ4v) is 3.44. The summed E-state index contributed by atoms with van der Waals surface area (Å²) >= 11 is 3.23. The van der Waals surface area contributed by atoms with E-state index in [9.17, 15) is 8.42 Å². The molecular formula is C11H17BrN2O3S. The first kappa shape index (κ1) is 15.4. The smallest absolute Gasteiger partial charge is 0.241 e. The van der Waals surface area contributed by atoms with Crippen LogP contribution in [-0.4, -0.2) is 35.2 Å². The average Bonchev–Trinajstić information content (AvgIpc) is 2.34. The van der Waals surface area contributed by atoms with Gasteiger partial charge >= 0.3 is 0 Å². The summed E-state index contributed by atoms with van der Waals surface area (Å²) in [4.78, 5) is 0.208. The molecule has 0 fully saturated rings. The van der Waals surface area contributed by atoms with Gasteiger partial charge in [0.05, 0.1) is 12.0 Å². The second kappa shape index (κ2) is 7.08. The number of rotatable bonds is 7. The van der Waals surface area contributed by atoms with Gasteiger partial charge in [0.1, 0.15) is 5.75 Å². The third-order valence-corrected chi connectivity index (χ3v) is 4.71. The maximum atomic E-state index is 12.0. The van der Waals surface area contributed by atoms with Gasteiger partial charge < -0.3 is 10.1 Å². The van der Waals surface area contributed by atoms with E-state index in [-0.39, 0.29) is 4.90 Å². The molecule has 7 heteroatoms. The lowest BCUT2D eigenvalue weighted by Gasteiger charge is -2.09. The minimum atomic E-state index is -3.49. The monoisotopic (exact) mass is 336 g/mol. The van der Waals surface area contributed by atoms with Crippen LogP contribution in [-0.2, 0) is 10.0 Å². The van der Waals surface area contributed by atoms with Crippen LogP contribution in [0.1, 0.15) is 6.92 Å². The number of hydrogen-bond donors (Lipinski definition) is 2. The molecule has 0 spiro atoms. The average molecular weight is 337 g/mol. The van der Waals surface area contributed by atoms with E-state index < -0.39 is 10.0 Å². The lowest BCUT2D eigenvalue weighted by Crippen LogP contribution is -2.31. The van der Waals surface area contributed by atoms with Crippen LogP contribution in [0, 0.1) is 0 Å². The Morgan fingerprint density at radius 2 is 2.06 bits per heavy atom. The van der Waals surface area contributed by atoms with Crippen molar-refractivity contribution in [2.45, 2.75) is 11.8 Å². The maximum Gasteiger partial charge on any atom is 0.241 e. The Kier molecular flexibility index (Phi) is 6.07. The molecule has 1 aromatic rings.